The molecule has 0 aromatic heterocycles. The molecule has 2 aromatic carbocycles. The second-order valence-corrected chi connectivity index (χ2v) is 5.82. The minimum Gasteiger partial charge on any atom is -0.497 e. The lowest BCUT2D eigenvalue weighted by Gasteiger charge is -2.18. The molecule has 0 aliphatic heterocycles. The Kier molecular flexibility index (Phi) is 6.82. The quantitative estimate of drug-likeness (QED) is 0.779. The Morgan fingerprint density at radius 1 is 1.04 bits per heavy atom. The van der Waals surface area contributed by atoms with Gasteiger partial charge in [-0.25, -0.2) is 0 Å². The smallest absolute Gasteiger partial charge is 0.251 e. The molecule has 0 aliphatic carbocycles. The highest BCUT2D eigenvalue weighted by Gasteiger charge is 2.11. The third kappa shape index (κ3) is 4.83. The summed E-state index contributed by atoms with van der Waals surface area (Å²) in [5, 5.41) is 3.01. The number of hydrogen-bond donors (Lipinski definition) is 2. The van der Waals surface area contributed by atoms with Crippen molar-refractivity contribution in [3.8, 4) is 5.75 Å². The minimum atomic E-state index is -0.0844. The van der Waals surface area contributed by atoms with Gasteiger partial charge in [0.25, 0.3) is 5.91 Å². The molecular weight excluding hydrogens is 300 g/mol. The average Bonchev–Trinajstić information content (AvgIpc) is 2.64. The Bertz CT molecular complexity index is 666. The summed E-state index contributed by atoms with van der Waals surface area (Å²) in [7, 11) is 1.60. The van der Waals surface area contributed by atoms with Crippen LogP contribution >= 0.6 is 0 Å². The van der Waals surface area contributed by atoms with E-state index in [0.29, 0.717) is 17.9 Å². The molecule has 4 heteroatoms. The van der Waals surface area contributed by atoms with Crippen molar-refractivity contribution in [2.24, 2.45) is 0 Å². The molecule has 0 unspecified atom stereocenters. The van der Waals surface area contributed by atoms with E-state index in [1.165, 1.54) is 16.0 Å². The highest BCUT2D eigenvalue weighted by molar-refractivity contribution is 5.94. The molecule has 128 valence electrons. The molecule has 4 nitrogen and oxygen atoms in total. The molecule has 0 bridgehead atoms. The van der Waals surface area contributed by atoms with Crippen LogP contribution in [0.25, 0.3) is 0 Å². The summed E-state index contributed by atoms with van der Waals surface area (Å²) in [5.41, 5.74) is 3.08. The van der Waals surface area contributed by atoms with Crippen LogP contribution in [0.15, 0.2) is 48.5 Å². The van der Waals surface area contributed by atoms with Gasteiger partial charge >= 0.3 is 0 Å². The first kappa shape index (κ1) is 18.0. The number of carbonyl (C=O) groups is 1. The summed E-state index contributed by atoms with van der Waals surface area (Å²) in [6.07, 6.45) is 0. The molecule has 0 saturated carbocycles. The van der Waals surface area contributed by atoms with Gasteiger partial charge in [-0.15, -0.1) is 0 Å². The second kappa shape index (κ2) is 9.08. The van der Waals surface area contributed by atoms with Gasteiger partial charge in [-0.05, 0) is 37.6 Å². The van der Waals surface area contributed by atoms with Crippen LogP contribution in [0.4, 0.5) is 0 Å². The highest BCUT2D eigenvalue weighted by atomic mass is 16.5. The van der Waals surface area contributed by atoms with Crippen LogP contribution in [-0.2, 0) is 13.1 Å². The predicted molar refractivity (Wildman–Crippen MR) is 96.4 cm³/mol. The van der Waals surface area contributed by atoms with Gasteiger partial charge in [-0.3, -0.25) is 4.79 Å². The second-order valence-electron chi connectivity index (χ2n) is 5.82. The van der Waals surface area contributed by atoms with Crippen LogP contribution in [0.3, 0.4) is 0 Å². The van der Waals surface area contributed by atoms with Crippen molar-refractivity contribution in [3.63, 3.8) is 0 Å². The fourth-order valence-electron chi connectivity index (χ4n) is 2.71. The molecule has 24 heavy (non-hydrogen) atoms. The number of benzene rings is 2. The topological polar surface area (TPSA) is 42.8 Å². The lowest BCUT2D eigenvalue weighted by molar-refractivity contribution is -0.910. The zero-order chi connectivity index (χ0) is 17.4. The number of quaternary nitrogens is 1. The van der Waals surface area contributed by atoms with Crippen molar-refractivity contribution in [1.29, 1.82) is 0 Å². The molecule has 0 spiro atoms. The summed E-state index contributed by atoms with van der Waals surface area (Å²) in [4.78, 5) is 13.9. The Morgan fingerprint density at radius 3 is 2.42 bits per heavy atom. The zero-order valence-electron chi connectivity index (χ0n) is 14.8. The average molecular weight is 327 g/mol. The Balaban J connectivity index is 2.04. The first-order valence-electron chi connectivity index (χ1n) is 8.50. The van der Waals surface area contributed by atoms with Crippen LogP contribution in [0.2, 0.25) is 0 Å². The van der Waals surface area contributed by atoms with E-state index >= 15 is 0 Å². The largest absolute Gasteiger partial charge is 0.497 e. The molecule has 0 saturated heterocycles. The van der Waals surface area contributed by atoms with Gasteiger partial charge in [-0.2, -0.15) is 0 Å². The summed E-state index contributed by atoms with van der Waals surface area (Å²) in [6, 6.07) is 15.5. The van der Waals surface area contributed by atoms with Crippen molar-refractivity contribution in [2.75, 3.05) is 20.2 Å². The molecule has 2 aromatic rings. The maximum absolute atomic E-state index is 12.4. The fourth-order valence-corrected chi connectivity index (χ4v) is 2.71. The first-order chi connectivity index (χ1) is 11.7. The molecule has 1 amide bonds. The maximum Gasteiger partial charge on any atom is 0.251 e. The summed E-state index contributed by atoms with van der Waals surface area (Å²) >= 11 is 0. The van der Waals surface area contributed by atoms with Crippen LogP contribution in [0, 0.1) is 0 Å². The van der Waals surface area contributed by atoms with Gasteiger partial charge in [0.2, 0.25) is 0 Å². The fraction of sp³-hybridized carbons (Fsp3) is 0.350. The summed E-state index contributed by atoms with van der Waals surface area (Å²) < 4.78 is 5.17. The number of rotatable bonds is 8. The van der Waals surface area contributed by atoms with Crippen LogP contribution < -0.4 is 15.0 Å². The van der Waals surface area contributed by atoms with Crippen LogP contribution in [0.1, 0.15) is 35.3 Å². The van der Waals surface area contributed by atoms with Crippen LogP contribution in [0.5, 0.6) is 5.75 Å². The van der Waals surface area contributed by atoms with Gasteiger partial charge < -0.3 is 15.0 Å². The zero-order valence-corrected chi connectivity index (χ0v) is 14.8. The molecular formula is C20H27N2O2+. The lowest BCUT2D eigenvalue weighted by Crippen LogP contribution is -3.10. The number of hydrogen-bond acceptors (Lipinski definition) is 2. The van der Waals surface area contributed by atoms with Crippen molar-refractivity contribution < 1.29 is 14.4 Å². The molecule has 2 N–H and O–H groups in total. The number of amides is 1. The molecule has 2 rings (SSSR count). The molecule has 0 radical (unpaired) electrons. The Hall–Kier alpha value is -2.33. The lowest BCUT2D eigenvalue weighted by atomic mass is 10.1. The van der Waals surface area contributed by atoms with Gasteiger partial charge in [0.15, 0.2) is 0 Å². The van der Waals surface area contributed by atoms with E-state index in [9.17, 15) is 4.79 Å². The molecule has 0 atom stereocenters. The van der Waals surface area contributed by atoms with E-state index < -0.39 is 0 Å². The van der Waals surface area contributed by atoms with Gasteiger partial charge in [0.05, 0.1) is 20.2 Å². The van der Waals surface area contributed by atoms with Crippen molar-refractivity contribution in [2.45, 2.75) is 26.9 Å². The standard InChI is InChI=1S/C20H26N2O2/c1-4-22(5-2)15-18-10-7-6-9-17(18)14-21-20(23)16-11-8-12-19(13-16)24-3/h6-13H,4-5,14-15H2,1-3H3,(H,21,23)/p+1. The first-order valence-corrected chi connectivity index (χ1v) is 8.50. The third-order valence-corrected chi connectivity index (χ3v) is 4.33. The molecule has 0 fully saturated rings. The molecule has 0 heterocycles. The normalized spacial score (nSPS) is 10.7. The van der Waals surface area contributed by atoms with E-state index in [-0.39, 0.29) is 5.91 Å². The number of methoxy groups -OCH3 is 1. The highest BCUT2D eigenvalue weighted by Crippen LogP contribution is 2.13. The predicted octanol–water partition coefficient (Wildman–Crippen LogP) is 2.05. The maximum atomic E-state index is 12.4. The SMILES string of the molecule is CC[NH+](CC)Cc1ccccc1CNC(=O)c1cccc(OC)c1. The summed E-state index contributed by atoms with van der Waals surface area (Å²) in [6.45, 7) is 8.12. The van der Waals surface area contributed by atoms with Crippen LogP contribution in [-0.4, -0.2) is 26.1 Å². The monoisotopic (exact) mass is 327 g/mol. The third-order valence-electron chi connectivity index (χ3n) is 4.33. The van der Waals surface area contributed by atoms with Gasteiger partial charge in [0.1, 0.15) is 12.3 Å². The van der Waals surface area contributed by atoms with Crippen molar-refractivity contribution in [3.05, 3.63) is 65.2 Å². The minimum absolute atomic E-state index is 0.0844. The van der Waals surface area contributed by atoms with Gasteiger partial charge in [-0.1, -0.05) is 30.3 Å². The van der Waals surface area contributed by atoms with Gasteiger partial charge in [0, 0.05) is 17.7 Å². The Labute approximate surface area is 144 Å². The number of carbonyl (C=O) groups excluding carboxylic acids is 1. The van der Waals surface area contributed by atoms with Crippen molar-refractivity contribution in [1.82, 2.24) is 5.32 Å². The van der Waals surface area contributed by atoms with E-state index in [0.717, 1.165) is 19.6 Å². The van der Waals surface area contributed by atoms with E-state index in [2.05, 4.69) is 37.4 Å². The number of nitrogens with one attached hydrogen (secondary N) is 2. The number of ether oxygens (including phenoxy) is 1. The van der Waals surface area contributed by atoms with Crippen molar-refractivity contribution >= 4 is 5.91 Å². The summed E-state index contributed by atoms with van der Waals surface area (Å²) in [5.74, 6) is 0.604. The van der Waals surface area contributed by atoms with E-state index in [1.54, 1.807) is 19.2 Å². The van der Waals surface area contributed by atoms with E-state index in [4.69, 9.17) is 4.74 Å². The van der Waals surface area contributed by atoms with E-state index in [1.807, 2.05) is 18.2 Å². The molecule has 0 aliphatic rings. The Morgan fingerprint density at radius 2 is 1.75 bits per heavy atom.